The molecule has 1 aromatic heterocycles. The fraction of sp³-hybridized carbons (Fsp3) is 0.222. The van der Waals surface area contributed by atoms with Crippen molar-refractivity contribution in [3.05, 3.63) is 83.0 Å². The summed E-state index contributed by atoms with van der Waals surface area (Å²) in [5, 5.41) is 13.1. The molecule has 118 valence electrons. The lowest BCUT2D eigenvalue weighted by Gasteiger charge is -2.01. The Morgan fingerprint density at radius 3 is 2.35 bits per heavy atom. The smallest absolute Gasteiger partial charge is 0.231 e. The molecule has 0 saturated heterocycles. The SMILES string of the molecule is OCc1ccc(CSCc2noc(Cc3ccccc3)n2)cc1. The maximum absolute atomic E-state index is 9.03. The van der Waals surface area contributed by atoms with E-state index in [-0.39, 0.29) is 6.61 Å². The van der Waals surface area contributed by atoms with E-state index in [1.807, 2.05) is 42.5 Å². The fourth-order valence-electron chi connectivity index (χ4n) is 2.19. The summed E-state index contributed by atoms with van der Waals surface area (Å²) in [5.74, 6) is 2.99. The summed E-state index contributed by atoms with van der Waals surface area (Å²) >= 11 is 1.75. The van der Waals surface area contributed by atoms with Crippen LogP contribution in [-0.2, 0) is 24.5 Å². The molecule has 1 heterocycles. The van der Waals surface area contributed by atoms with Crippen LogP contribution in [0.2, 0.25) is 0 Å². The van der Waals surface area contributed by atoms with Crippen molar-refractivity contribution in [2.75, 3.05) is 0 Å². The van der Waals surface area contributed by atoms with Crippen molar-refractivity contribution >= 4 is 11.8 Å². The van der Waals surface area contributed by atoms with Gasteiger partial charge in [0.25, 0.3) is 0 Å². The van der Waals surface area contributed by atoms with E-state index in [0.29, 0.717) is 12.3 Å². The highest BCUT2D eigenvalue weighted by Gasteiger charge is 2.07. The zero-order chi connectivity index (χ0) is 15.9. The maximum atomic E-state index is 9.03. The largest absolute Gasteiger partial charge is 0.392 e. The Morgan fingerprint density at radius 1 is 0.870 bits per heavy atom. The molecule has 5 heteroatoms. The van der Waals surface area contributed by atoms with E-state index in [1.165, 1.54) is 11.1 Å². The Kier molecular flexibility index (Phi) is 5.45. The Balaban J connectivity index is 1.49. The molecule has 4 nitrogen and oxygen atoms in total. The van der Waals surface area contributed by atoms with Gasteiger partial charge >= 0.3 is 0 Å². The highest BCUT2D eigenvalue weighted by Crippen LogP contribution is 2.17. The van der Waals surface area contributed by atoms with Gasteiger partial charge in [-0.3, -0.25) is 0 Å². The lowest BCUT2D eigenvalue weighted by molar-refractivity contribution is 0.282. The third kappa shape index (κ3) is 4.68. The molecule has 3 rings (SSSR count). The number of hydrogen-bond donors (Lipinski definition) is 1. The standard InChI is InChI=1S/C18H18N2O2S/c21-11-15-6-8-16(9-7-15)12-23-13-17-19-18(22-20-17)10-14-4-2-1-3-5-14/h1-9,21H,10-13H2. The molecule has 0 aliphatic heterocycles. The van der Waals surface area contributed by atoms with E-state index in [9.17, 15) is 0 Å². The first kappa shape index (κ1) is 15.8. The van der Waals surface area contributed by atoms with Crippen LogP contribution in [-0.4, -0.2) is 15.2 Å². The highest BCUT2D eigenvalue weighted by atomic mass is 32.2. The summed E-state index contributed by atoms with van der Waals surface area (Å²) in [6.07, 6.45) is 0.668. The molecule has 0 unspecified atom stereocenters. The molecule has 0 amide bonds. The average molecular weight is 326 g/mol. The van der Waals surface area contributed by atoms with Crippen LogP contribution in [0, 0.1) is 0 Å². The normalized spacial score (nSPS) is 10.8. The first-order valence-corrected chi connectivity index (χ1v) is 8.61. The maximum Gasteiger partial charge on any atom is 0.231 e. The van der Waals surface area contributed by atoms with Gasteiger partial charge in [0.15, 0.2) is 5.82 Å². The van der Waals surface area contributed by atoms with Crippen molar-refractivity contribution in [3.63, 3.8) is 0 Å². The third-order valence-electron chi connectivity index (χ3n) is 3.41. The van der Waals surface area contributed by atoms with Gasteiger partial charge in [-0.2, -0.15) is 4.98 Å². The summed E-state index contributed by atoms with van der Waals surface area (Å²) < 4.78 is 5.30. The number of benzene rings is 2. The number of nitrogens with zero attached hydrogens (tertiary/aromatic N) is 2. The summed E-state index contributed by atoms with van der Waals surface area (Å²) in [6.45, 7) is 0.0838. The van der Waals surface area contributed by atoms with Crippen molar-refractivity contribution in [3.8, 4) is 0 Å². The molecule has 1 N–H and O–H groups in total. The second-order valence-electron chi connectivity index (χ2n) is 5.23. The Morgan fingerprint density at radius 2 is 1.61 bits per heavy atom. The average Bonchev–Trinajstić information content (AvgIpc) is 3.04. The molecule has 0 spiro atoms. The second-order valence-corrected chi connectivity index (χ2v) is 6.22. The number of aliphatic hydroxyl groups excluding tert-OH is 1. The number of thioether (sulfide) groups is 1. The number of hydrogen-bond acceptors (Lipinski definition) is 5. The Labute approximate surface area is 139 Å². The zero-order valence-corrected chi connectivity index (χ0v) is 13.5. The van der Waals surface area contributed by atoms with Crippen molar-refractivity contribution in [1.82, 2.24) is 10.1 Å². The minimum Gasteiger partial charge on any atom is -0.392 e. The minimum absolute atomic E-state index is 0.0838. The van der Waals surface area contributed by atoms with Gasteiger partial charge in [0, 0.05) is 5.75 Å². The minimum atomic E-state index is 0.0838. The number of aliphatic hydroxyl groups is 1. The van der Waals surface area contributed by atoms with E-state index in [0.717, 1.165) is 22.9 Å². The topological polar surface area (TPSA) is 59.2 Å². The summed E-state index contributed by atoms with van der Waals surface area (Å²) in [7, 11) is 0. The molecule has 0 saturated carbocycles. The van der Waals surface area contributed by atoms with Gasteiger partial charge in [0.2, 0.25) is 5.89 Å². The van der Waals surface area contributed by atoms with Crippen LogP contribution in [0.1, 0.15) is 28.4 Å². The molecule has 0 aliphatic carbocycles. The molecule has 0 radical (unpaired) electrons. The Hall–Kier alpha value is -2.11. The molecule has 0 aliphatic rings. The van der Waals surface area contributed by atoms with Crippen LogP contribution in [0.15, 0.2) is 59.1 Å². The van der Waals surface area contributed by atoms with E-state index < -0.39 is 0 Å². The number of aromatic nitrogens is 2. The predicted octanol–water partition coefficient (Wildman–Crippen LogP) is 3.59. The molecular weight excluding hydrogens is 308 g/mol. The van der Waals surface area contributed by atoms with Crippen LogP contribution < -0.4 is 0 Å². The molecule has 0 atom stereocenters. The van der Waals surface area contributed by atoms with Crippen LogP contribution >= 0.6 is 11.8 Å². The zero-order valence-electron chi connectivity index (χ0n) is 12.7. The highest BCUT2D eigenvalue weighted by molar-refractivity contribution is 7.97. The van der Waals surface area contributed by atoms with E-state index in [2.05, 4.69) is 22.3 Å². The summed E-state index contributed by atoms with van der Waals surface area (Å²) in [4.78, 5) is 4.43. The van der Waals surface area contributed by atoms with Gasteiger partial charge in [0.05, 0.1) is 18.8 Å². The van der Waals surface area contributed by atoms with Crippen LogP contribution in [0.25, 0.3) is 0 Å². The van der Waals surface area contributed by atoms with E-state index >= 15 is 0 Å². The molecule has 3 aromatic rings. The number of rotatable bonds is 7. The van der Waals surface area contributed by atoms with Gasteiger partial charge in [-0.1, -0.05) is 59.8 Å². The molecule has 23 heavy (non-hydrogen) atoms. The van der Waals surface area contributed by atoms with Gasteiger partial charge < -0.3 is 9.63 Å². The first-order chi connectivity index (χ1) is 11.3. The van der Waals surface area contributed by atoms with Gasteiger partial charge in [-0.15, -0.1) is 11.8 Å². The molecule has 0 bridgehead atoms. The van der Waals surface area contributed by atoms with Crippen molar-refractivity contribution in [1.29, 1.82) is 0 Å². The second kappa shape index (κ2) is 7.94. The van der Waals surface area contributed by atoms with Gasteiger partial charge in [0.1, 0.15) is 0 Å². The molecular formula is C18H18N2O2S. The first-order valence-electron chi connectivity index (χ1n) is 7.45. The molecule has 0 fully saturated rings. The Bertz CT molecular complexity index is 726. The van der Waals surface area contributed by atoms with Crippen LogP contribution in [0.5, 0.6) is 0 Å². The van der Waals surface area contributed by atoms with Gasteiger partial charge in [-0.25, -0.2) is 0 Å². The molecule has 2 aromatic carbocycles. The quantitative estimate of drug-likeness (QED) is 0.719. The van der Waals surface area contributed by atoms with Crippen LogP contribution in [0.4, 0.5) is 0 Å². The predicted molar refractivity (Wildman–Crippen MR) is 90.9 cm³/mol. The monoisotopic (exact) mass is 326 g/mol. The van der Waals surface area contributed by atoms with Crippen LogP contribution in [0.3, 0.4) is 0 Å². The van der Waals surface area contributed by atoms with E-state index in [1.54, 1.807) is 11.8 Å². The van der Waals surface area contributed by atoms with Gasteiger partial charge in [-0.05, 0) is 16.7 Å². The summed E-state index contributed by atoms with van der Waals surface area (Å²) in [6, 6.07) is 18.1. The lowest BCUT2D eigenvalue weighted by Crippen LogP contribution is -1.90. The van der Waals surface area contributed by atoms with Crippen molar-refractivity contribution in [2.24, 2.45) is 0 Å². The third-order valence-corrected chi connectivity index (χ3v) is 4.41. The van der Waals surface area contributed by atoms with E-state index in [4.69, 9.17) is 9.63 Å². The summed E-state index contributed by atoms with van der Waals surface area (Å²) in [5.41, 5.74) is 3.32. The lowest BCUT2D eigenvalue weighted by atomic mass is 10.1. The van der Waals surface area contributed by atoms with Crippen molar-refractivity contribution < 1.29 is 9.63 Å². The van der Waals surface area contributed by atoms with Crippen molar-refractivity contribution in [2.45, 2.75) is 24.5 Å². The fourth-order valence-corrected chi connectivity index (χ4v) is 3.02.